The number of hydrogen-bond donors (Lipinski definition) is 5. The van der Waals surface area contributed by atoms with E-state index in [2.05, 4.69) is 4.31 Å². The summed E-state index contributed by atoms with van der Waals surface area (Å²) in [5, 5.41) is 0. The molecule has 0 aliphatic rings. The van der Waals surface area contributed by atoms with E-state index in [0.717, 1.165) is 0 Å². The molecule has 0 saturated heterocycles. The third-order valence-electron chi connectivity index (χ3n) is 0.213. The average Bonchev–Trinajstić information content (AvgIpc) is 1.14. The SMILES string of the molecule is N.O=P(O)(O)OP(=O)(O)O.[MgH2].[MgH2]. The highest BCUT2D eigenvalue weighted by atomic mass is 31.3. The Morgan fingerprint density at radius 3 is 1.00 bits per heavy atom. The van der Waals surface area contributed by atoms with Crippen molar-refractivity contribution in [1.82, 2.24) is 6.15 Å². The van der Waals surface area contributed by atoms with Crippen molar-refractivity contribution >= 4 is 61.8 Å². The predicted molar refractivity (Wildman–Crippen MR) is 47.3 cm³/mol. The fourth-order valence-electron chi connectivity index (χ4n) is 0.139. The van der Waals surface area contributed by atoms with Gasteiger partial charge < -0.3 is 25.7 Å². The van der Waals surface area contributed by atoms with Crippen LogP contribution in [-0.2, 0) is 13.4 Å². The molecule has 12 heavy (non-hydrogen) atoms. The maximum absolute atomic E-state index is 9.63. The second-order valence-electron chi connectivity index (χ2n) is 1.06. The van der Waals surface area contributed by atoms with Crippen molar-refractivity contribution in [3.05, 3.63) is 0 Å². The van der Waals surface area contributed by atoms with Crippen molar-refractivity contribution in [3.63, 3.8) is 0 Å². The van der Waals surface area contributed by atoms with Crippen molar-refractivity contribution < 1.29 is 33.0 Å². The smallest absolute Gasteiger partial charge is 0.344 e. The average molecular weight is 248 g/mol. The molecular formula is H11Mg2NO7P2. The molecule has 0 aliphatic heterocycles. The van der Waals surface area contributed by atoms with Gasteiger partial charge in [-0.05, 0) is 0 Å². The quantitative estimate of drug-likeness (QED) is 0.265. The normalized spacial score (nSPS) is 10.3. The Hall–Kier alpha value is 1.75. The summed E-state index contributed by atoms with van der Waals surface area (Å²) in [6.45, 7) is 0. The molecule has 72 valence electrons. The third kappa shape index (κ3) is 22.6. The molecule has 0 heterocycles. The summed E-state index contributed by atoms with van der Waals surface area (Å²) in [6, 6.07) is 0. The molecule has 0 spiro atoms. The maximum Gasteiger partial charge on any atom is 0.478 e. The zero-order chi connectivity index (χ0) is 7.71. The molecule has 0 amide bonds. The van der Waals surface area contributed by atoms with Crippen molar-refractivity contribution in [1.29, 1.82) is 0 Å². The predicted octanol–water partition coefficient (Wildman–Crippen LogP) is -2.48. The van der Waals surface area contributed by atoms with Crippen LogP contribution in [0.3, 0.4) is 0 Å². The first-order chi connectivity index (χ1) is 3.71. The van der Waals surface area contributed by atoms with E-state index in [-0.39, 0.29) is 52.3 Å². The molecule has 12 heteroatoms. The van der Waals surface area contributed by atoms with E-state index in [0.29, 0.717) is 0 Å². The van der Waals surface area contributed by atoms with Gasteiger partial charge in [0.25, 0.3) is 0 Å². The lowest BCUT2D eigenvalue weighted by molar-refractivity contribution is 0.225. The van der Waals surface area contributed by atoms with E-state index >= 15 is 0 Å². The van der Waals surface area contributed by atoms with Crippen LogP contribution in [0.2, 0.25) is 0 Å². The molecule has 8 nitrogen and oxygen atoms in total. The van der Waals surface area contributed by atoms with Crippen LogP contribution in [0.25, 0.3) is 0 Å². The van der Waals surface area contributed by atoms with Gasteiger partial charge in [-0.25, -0.2) is 9.13 Å². The van der Waals surface area contributed by atoms with Gasteiger partial charge in [0.1, 0.15) is 0 Å². The second kappa shape index (κ2) is 8.09. The van der Waals surface area contributed by atoms with Crippen molar-refractivity contribution in [3.8, 4) is 0 Å². The molecule has 0 unspecified atom stereocenters. The largest absolute Gasteiger partial charge is 0.478 e. The summed E-state index contributed by atoms with van der Waals surface area (Å²) in [5.41, 5.74) is 0. The van der Waals surface area contributed by atoms with Gasteiger partial charge in [-0.1, -0.05) is 0 Å². The molecule has 0 aliphatic carbocycles. The first-order valence-corrected chi connectivity index (χ1v) is 4.59. The van der Waals surface area contributed by atoms with Crippen LogP contribution < -0.4 is 6.15 Å². The molecule has 0 saturated carbocycles. The Balaban J connectivity index is -0.000000107. The second-order valence-corrected chi connectivity index (χ2v) is 3.68. The first kappa shape index (κ1) is 23.5. The first-order valence-electron chi connectivity index (χ1n) is 1.53. The third-order valence-corrected chi connectivity index (χ3v) is 1.91. The summed E-state index contributed by atoms with van der Waals surface area (Å²) < 4.78 is 22.2. The summed E-state index contributed by atoms with van der Waals surface area (Å²) in [4.78, 5) is 31.0. The summed E-state index contributed by atoms with van der Waals surface area (Å²) >= 11 is 0. The molecule has 0 atom stereocenters. The van der Waals surface area contributed by atoms with E-state index in [1.807, 2.05) is 0 Å². The summed E-state index contributed by atoms with van der Waals surface area (Å²) in [7, 11) is -10.1. The fraction of sp³-hybridized carbons (Fsp3) is 0. The van der Waals surface area contributed by atoms with Crippen molar-refractivity contribution in [2.75, 3.05) is 0 Å². The van der Waals surface area contributed by atoms with Gasteiger partial charge in [-0.15, -0.1) is 0 Å². The van der Waals surface area contributed by atoms with Crippen LogP contribution in [0.15, 0.2) is 0 Å². The molecule has 7 N–H and O–H groups in total. The Labute approximate surface area is 100 Å². The lowest BCUT2D eigenvalue weighted by atomic mass is 14.0. The van der Waals surface area contributed by atoms with Crippen LogP contribution in [0.5, 0.6) is 0 Å². The molecule has 0 fully saturated rings. The van der Waals surface area contributed by atoms with E-state index < -0.39 is 15.6 Å². The highest BCUT2D eigenvalue weighted by molar-refractivity contribution is 7.60. The standard InChI is InChI=1S/2Mg.H3N.H4O7P2.4H/c;;;1-8(2,3)7-9(4,5)6;;;;/h;;1H3;(H2,1,2,3)(H2,4,5,6);;;;. The van der Waals surface area contributed by atoms with Gasteiger partial charge in [0.15, 0.2) is 0 Å². The number of rotatable bonds is 2. The molecule has 0 bridgehead atoms. The van der Waals surface area contributed by atoms with Crippen LogP contribution in [0, 0.1) is 0 Å². The van der Waals surface area contributed by atoms with E-state index in [1.165, 1.54) is 0 Å². The maximum atomic E-state index is 9.63. The Bertz CT molecular complexity index is 160. The number of phosphoric acid groups is 2. The van der Waals surface area contributed by atoms with Crippen LogP contribution in [-0.4, -0.2) is 65.7 Å². The summed E-state index contributed by atoms with van der Waals surface area (Å²) in [5.74, 6) is 0. The molecule has 0 aromatic carbocycles. The van der Waals surface area contributed by atoms with Gasteiger partial charge in [-0.2, -0.15) is 4.31 Å². The minimum absolute atomic E-state index is 0. The molecule has 0 aromatic rings. The Morgan fingerprint density at radius 2 is 1.00 bits per heavy atom. The van der Waals surface area contributed by atoms with Crippen LogP contribution in [0.4, 0.5) is 0 Å². The Morgan fingerprint density at radius 1 is 0.833 bits per heavy atom. The van der Waals surface area contributed by atoms with Crippen LogP contribution >= 0.6 is 15.6 Å². The van der Waals surface area contributed by atoms with Crippen molar-refractivity contribution in [2.45, 2.75) is 0 Å². The topological polar surface area (TPSA) is 159 Å². The highest BCUT2D eigenvalue weighted by Gasteiger charge is 2.27. The molecular weight excluding hydrogens is 237 g/mol. The van der Waals surface area contributed by atoms with Gasteiger partial charge in [0.2, 0.25) is 0 Å². The monoisotopic (exact) mass is 247 g/mol. The molecule has 0 radical (unpaired) electrons. The zero-order valence-electron chi connectivity index (χ0n) is 4.62. The molecule has 0 aromatic heterocycles. The van der Waals surface area contributed by atoms with Gasteiger partial charge in [0, 0.05) is 0 Å². The minimum atomic E-state index is -5.05. The number of hydrogen-bond acceptors (Lipinski definition) is 4. The van der Waals surface area contributed by atoms with Crippen molar-refractivity contribution in [2.24, 2.45) is 0 Å². The van der Waals surface area contributed by atoms with E-state index in [9.17, 15) is 9.13 Å². The van der Waals surface area contributed by atoms with E-state index in [1.54, 1.807) is 0 Å². The van der Waals surface area contributed by atoms with Gasteiger partial charge in [-0.3, -0.25) is 0 Å². The summed E-state index contributed by atoms with van der Waals surface area (Å²) in [6.07, 6.45) is 0. The fourth-order valence-corrected chi connectivity index (χ4v) is 1.25. The Kier molecular flexibility index (Phi) is 15.9. The zero-order valence-corrected chi connectivity index (χ0v) is 6.40. The highest BCUT2D eigenvalue weighted by Crippen LogP contribution is 2.53. The van der Waals surface area contributed by atoms with Gasteiger partial charge >= 0.3 is 61.8 Å². The lowest BCUT2D eigenvalue weighted by Gasteiger charge is -2.03. The van der Waals surface area contributed by atoms with Gasteiger partial charge in [0.05, 0.1) is 0 Å². The van der Waals surface area contributed by atoms with Crippen LogP contribution in [0.1, 0.15) is 0 Å². The lowest BCUT2D eigenvalue weighted by Crippen LogP contribution is -1.84. The minimum Gasteiger partial charge on any atom is -0.344 e. The molecule has 0 rings (SSSR count). The van der Waals surface area contributed by atoms with E-state index in [4.69, 9.17) is 19.6 Å².